The van der Waals surface area contributed by atoms with Crippen molar-refractivity contribution < 1.29 is 45.7 Å². The molecule has 0 bridgehead atoms. The minimum Gasteiger partial charge on any atom is -0.455 e. The molecule has 1 saturated heterocycles. The lowest BCUT2D eigenvalue weighted by Crippen LogP contribution is -2.39. The van der Waals surface area contributed by atoms with Gasteiger partial charge in [-0.25, -0.2) is 26.9 Å². The van der Waals surface area contributed by atoms with Crippen LogP contribution in [-0.4, -0.2) is 109 Å². The van der Waals surface area contributed by atoms with Crippen LogP contribution in [0.25, 0.3) is 38.6 Å². The molecular formula is C50H49F2N8O8S2+. The number of allylic oxidation sites excluding steroid dienone is 1. The van der Waals surface area contributed by atoms with Crippen LogP contribution in [0.15, 0.2) is 101 Å². The molecule has 70 heavy (non-hydrogen) atoms. The summed E-state index contributed by atoms with van der Waals surface area (Å²) in [5.41, 5.74) is 4.97. The second-order valence-electron chi connectivity index (χ2n) is 18.4. The van der Waals surface area contributed by atoms with Gasteiger partial charge in [-0.2, -0.15) is 4.58 Å². The van der Waals surface area contributed by atoms with Crippen molar-refractivity contribution in [3.05, 3.63) is 128 Å². The van der Waals surface area contributed by atoms with Crippen LogP contribution in [0, 0.1) is 27.2 Å². The third kappa shape index (κ3) is 9.82. The zero-order valence-corrected chi connectivity index (χ0v) is 39.9. The third-order valence-electron chi connectivity index (χ3n) is 13.0. The molecule has 10 rings (SSSR count). The SMILES string of the molecule is CC1(C)CCC(CN2CC=[N+](c3ccc(C(=O)NS(=O)(=O)c4ccc(NC[C@H]5COCCO5)c([N+](=O)[O-])c4)c(Oc4cnc5[nH]ccc5c4)c3)CC2)=C(c2cc(-c3c(F)cc(F)c4cc[nH]c34)cs2)C1. The zero-order chi connectivity index (χ0) is 48.7. The van der Waals surface area contributed by atoms with E-state index in [9.17, 15) is 27.7 Å². The number of aromatic nitrogens is 3. The fraction of sp³-hybridized carbons (Fsp3) is 0.300. The lowest BCUT2D eigenvalue weighted by atomic mass is 9.73. The summed E-state index contributed by atoms with van der Waals surface area (Å²) < 4.78 is 78.8. The molecule has 362 valence electrons. The molecule has 20 heteroatoms. The number of rotatable bonds is 14. The average Bonchev–Trinajstić information content (AvgIpc) is 4.14. The monoisotopic (exact) mass is 991 g/mol. The van der Waals surface area contributed by atoms with Crippen molar-refractivity contribution >= 4 is 78.1 Å². The van der Waals surface area contributed by atoms with Crippen LogP contribution in [0.1, 0.15) is 48.3 Å². The maximum atomic E-state index is 15.3. The highest BCUT2D eigenvalue weighted by molar-refractivity contribution is 7.90. The number of nitrogens with one attached hydrogen (secondary N) is 4. The first-order valence-electron chi connectivity index (χ1n) is 22.8. The summed E-state index contributed by atoms with van der Waals surface area (Å²) in [6.07, 6.45) is 9.37. The summed E-state index contributed by atoms with van der Waals surface area (Å²) in [7, 11) is -4.63. The summed E-state index contributed by atoms with van der Waals surface area (Å²) in [5.74, 6) is -1.86. The number of nitro groups is 1. The Kier molecular flexibility index (Phi) is 12.8. The molecule has 0 spiro atoms. The Bertz CT molecular complexity index is 3360. The number of carbonyl (C=O) groups excluding carboxylic acids is 1. The van der Waals surface area contributed by atoms with Gasteiger partial charge in [0.15, 0.2) is 12.8 Å². The van der Waals surface area contributed by atoms with Crippen molar-refractivity contribution in [1.82, 2.24) is 24.6 Å². The zero-order valence-electron chi connectivity index (χ0n) is 38.2. The molecule has 1 atom stereocenters. The number of aromatic amines is 2. The maximum Gasteiger partial charge on any atom is 0.293 e. The van der Waals surface area contributed by atoms with E-state index in [1.807, 2.05) is 17.5 Å². The Hall–Kier alpha value is -6.84. The molecule has 0 radical (unpaired) electrons. The topological polar surface area (TPSA) is 197 Å². The minimum absolute atomic E-state index is 0.0598. The first-order chi connectivity index (χ1) is 33.7. The van der Waals surface area contributed by atoms with Gasteiger partial charge in [-0.1, -0.05) is 19.4 Å². The van der Waals surface area contributed by atoms with E-state index in [1.165, 1.54) is 35.5 Å². The van der Waals surface area contributed by atoms with Crippen molar-refractivity contribution in [2.24, 2.45) is 5.41 Å². The number of benzene rings is 3. The first-order valence-corrected chi connectivity index (χ1v) is 25.2. The largest absolute Gasteiger partial charge is 0.455 e. The van der Waals surface area contributed by atoms with E-state index in [2.05, 4.69) is 54.5 Å². The third-order valence-corrected chi connectivity index (χ3v) is 15.3. The van der Waals surface area contributed by atoms with Crippen LogP contribution in [-0.2, 0) is 19.5 Å². The lowest BCUT2D eigenvalue weighted by Gasteiger charge is -2.35. The number of carbonyl (C=O) groups is 1. The second kappa shape index (κ2) is 19.2. The van der Waals surface area contributed by atoms with Crippen LogP contribution >= 0.6 is 11.3 Å². The summed E-state index contributed by atoms with van der Waals surface area (Å²) in [6.45, 7) is 8.52. The number of amides is 1. The number of thiophene rings is 1. The van der Waals surface area contributed by atoms with Crippen molar-refractivity contribution in [1.29, 1.82) is 0 Å². The number of halogens is 2. The van der Waals surface area contributed by atoms with Crippen molar-refractivity contribution in [2.45, 2.75) is 44.1 Å². The predicted octanol–water partition coefficient (Wildman–Crippen LogP) is 9.39. The molecule has 0 saturated carbocycles. The molecule has 6 heterocycles. The number of H-pyrrole nitrogens is 2. The smallest absolute Gasteiger partial charge is 0.293 e. The number of nitro benzene ring substituents is 1. The van der Waals surface area contributed by atoms with Gasteiger partial charge in [-0.15, -0.1) is 11.3 Å². The van der Waals surface area contributed by atoms with Gasteiger partial charge in [0, 0.05) is 64.9 Å². The standard InChI is InChI=1S/C50H48F2N8O8S2/c1-50(2)10-7-31(39(24-50)45-20-32(29-69-45)46-41(52)23-40(51)37-9-12-53-47(37)46)27-58-13-15-59(16-14-58)33-3-5-38(44(21-33)68-34-19-30-8-11-54-48(30)56-25-34)49(61)57-70(64,65)36-4-6-42(43(22-36)60(62)63)55-26-35-28-66-17-18-67-35/h3-6,8-9,11-12,15,19-23,25,29,35,53,55H,7,10,13-14,16-18,24,26-28H2,1-2H3,(H-,54,56,57,61)/p+1/t35-/m0/s1. The summed E-state index contributed by atoms with van der Waals surface area (Å²) >= 11 is 1.57. The normalized spacial score (nSPS) is 17.7. The fourth-order valence-corrected chi connectivity index (χ4v) is 11.3. The fourth-order valence-electron chi connectivity index (χ4n) is 9.28. The Morgan fingerprint density at radius 1 is 1.07 bits per heavy atom. The van der Waals surface area contributed by atoms with Gasteiger partial charge < -0.3 is 29.5 Å². The van der Waals surface area contributed by atoms with Gasteiger partial charge in [-0.3, -0.25) is 19.8 Å². The van der Waals surface area contributed by atoms with Gasteiger partial charge in [0.2, 0.25) is 5.69 Å². The van der Waals surface area contributed by atoms with Crippen LogP contribution in [0.4, 0.5) is 25.8 Å². The van der Waals surface area contributed by atoms with E-state index in [1.54, 1.807) is 48.0 Å². The summed E-state index contributed by atoms with van der Waals surface area (Å²) in [5, 5.41) is 18.1. The summed E-state index contributed by atoms with van der Waals surface area (Å²) in [4.78, 5) is 38.8. The van der Waals surface area contributed by atoms with Gasteiger partial charge >= 0.3 is 0 Å². The molecule has 1 amide bonds. The number of fused-ring (bicyclic) bond motifs is 2. The number of anilines is 1. The van der Waals surface area contributed by atoms with Crippen molar-refractivity contribution in [2.75, 3.05) is 57.9 Å². The Morgan fingerprint density at radius 2 is 1.93 bits per heavy atom. The quantitative estimate of drug-likeness (QED) is 0.0460. The highest BCUT2D eigenvalue weighted by Gasteiger charge is 2.32. The van der Waals surface area contributed by atoms with E-state index in [0.29, 0.717) is 78.6 Å². The predicted molar refractivity (Wildman–Crippen MR) is 263 cm³/mol. The van der Waals surface area contributed by atoms with Crippen molar-refractivity contribution in [3.8, 4) is 22.6 Å². The highest BCUT2D eigenvalue weighted by atomic mass is 32.2. The van der Waals surface area contributed by atoms with E-state index >= 15 is 4.39 Å². The number of sulfonamides is 1. The lowest BCUT2D eigenvalue weighted by molar-refractivity contribution is -0.443. The van der Waals surface area contributed by atoms with E-state index in [-0.39, 0.29) is 35.1 Å². The van der Waals surface area contributed by atoms with E-state index in [4.69, 9.17) is 14.2 Å². The second-order valence-corrected chi connectivity index (χ2v) is 21.0. The number of ether oxygens (including phenoxy) is 3. The molecular weight excluding hydrogens is 943 g/mol. The van der Waals surface area contributed by atoms with E-state index in [0.717, 1.165) is 48.2 Å². The molecule has 4 aromatic heterocycles. The molecule has 7 aromatic rings. The number of hydrogen-bond donors (Lipinski definition) is 4. The molecule has 3 aromatic carbocycles. The number of hydrogen-bond acceptors (Lipinski definition) is 12. The van der Waals surface area contributed by atoms with Crippen LogP contribution in [0.5, 0.6) is 11.5 Å². The summed E-state index contributed by atoms with van der Waals surface area (Å²) in [6, 6.07) is 16.4. The average molecular weight is 992 g/mol. The molecule has 3 aliphatic rings. The molecule has 1 aliphatic carbocycles. The number of nitrogens with zero attached hydrogens (tertiary/aromatic N) is 4. The highest BCUT2D eigenvalue weighted by Crippen LogP contribution is 2.46. The molecule has 1 fully saturated rings. The van der Waals surface area contributed by atoms with E-state index < -0.39 is 43.1 Å². The van der Waals surface area contributed by atoms with Crippen LogP contribution in [0.2, 0.25) is 0 Å². The van der Waals surface area contributed by atoms with Gasteiger partial charge in [-0.05, 0) is 83.7 Å². The van der Waals surface area contributed by atoms with Crippen molar-refractivity contribution in [3.63, 3.8) is 0 Å². The number of pyridine rings is 1. The van der Waals surface area contributed by atoms with Crippen LogP contribution < -0.4 is 14.8 Å². The molecule has 4 N–H and O–H groups in total. The maximum absolute atomic E-state index is 15.3. The minimum atomic E-state index is -4.63. The van der Waals surface area contributed by atoms with Gasteiger partial charge in [0.05, 0.1) is 72.2 Å². The van der Waals surface area contributed by atoms with Gasteiger partial charge in [0.25, 0.3) is 21.6 Å². The molecule has 2 aliphatic heterocycles. The Morgan fingerprint density at radius 3 is 2.73 bits per heavy atom. The first kappa shape index (κ1) is 46.9. The Balaban J connectivity index is 0.890. The molecule has 0 unspecified atom stereocenters. The van der Waals surface area contributed by atoms with Crippen LogP contribution in [0.3, 0.4) is 0 Å². The Labute approximate surface area is 405 Å². The molecule has 16 nitrogen and oxygen atoms in total. The van der Waals surface area contributed by atoms with Gasteiger partial charge in [0.1, 0.15) is 34.5 Å².